The number of amides is 1. The van der Waals surface area contributed by atoms with Gasteiger partial charge in [-0.2, -0.15) is 8.42 Å². The van der Waals surface area contributed by atoms with Crippen LogP contribution in [0.15, 0.2) is 29.2 Å². The van der Waals surface area contributed by atoms with Crippen molar-refractivity contribution in [1.29, 1.82) is 0 Å². The van der Waals surface area contributed by atoms with Gasteiger partial charge in [-0.25, -0.2) is 0 Å². The number of thioether (sulfide) groups is 1. The van der Waals surface area contributed by atoms with E-state index < -0.39 is 16.7 Å². The summed E-state index contributed by atoms with van der Waals surface area (Å²) >= 11 is 1.66. The summed E-state index contributed by atoms with van der Waals surface area (Å²) in [4.78, 5) is 30.9. The van der Waals surface area contributed by atoms with Crippen molar-refractivity contribution >= 4 is 50.9 Å². The highest BCUT2D eigenvalue weighted by Crippen LogP contribution is 2.35. The highest BCUT2D eigenvalue weighted by Gasteiger charge is 2.11. The number of hydrogen-bond acceptors (Lipinski definition) is 6. The molecule has 0 aromatic heterocycles. The maximum atomic E-state index is 12.3. The summed E-state index contributed by atoms with van der Waals surface area (Å²) in [5.74, 6) is 1.23. The number of hydrogen-bond donors (Lipinski definition) is 4. The minimum atomic E-state index is -3.95. The molecule has 0 aliphatic heterocycles. The molecule has 0 bridgehead atoms. The van der Waals surface area contributed by atoms with Crippen LogP contribution in [0.5, 0.6) is 0 Å². The molecule has 0 saturated heterocycles. The average Bonchev–Trinajstić information content (AvgIpc) is 2.71. The Morgan fingerprint density at radius 2 is 1.45 bits per heavy atom. The fraction of sp³-hybridized carbons (Fsp3) is 0.667. The number of anilines is 1. The lowest BCUT2D eigenvalue weighted by Crippen LogP contribution is -2.11. The summed E-state index contributed by atoms with van der Waals surface area (Å²) in [6.07, 6.45) is 9.05. The predicted octanol–water partition coefficient (Wildman–Crippen LogP) is 5.72. The van der Waals surface area contributed by atoms with Gasteiger partial charge in [0.25, 0.3) is 0 Å². The molecule has 0 unspecified atom stereocenters. The molecule has 0 fully saturated rings. The smallest absolute Gasteiger partial charge is 0.325 e. The molecular formula is C21H36NO7PS3. The lowest BCUT2D eigenvalue weighted by atomic mass is 10.1. The van der Waals surface area contributed by atoms with Crippen molar-refractivity contribution in [2.75, 3.05) is 23.0 Å². The number of carbonyl (C=O) groups excluding carboxylic acids is 1. The summed E-state index contributed by atoms with van der Waals surface area (Å²) in [5, 5.41) is 2.99. The molecule has 0 spiro atoms. The van der Waals surface area contributed by atoms with Crippen LogP contribution in [0.25, 0.3) is 0 Å². The van der Waals surface area contributed by atoms with Crippen LogP contribution in [-0.4, -0.2) is 46.3 Å². The lowest BCUT2D eigenvalue weighted by Gasteiger charge is -2.11. The van der Waals surface area contributed by atoms with Gasteiger partial charge in [0.1, 0.15) is 0 Å². The Kier molecular flexibility index (Phi) is 15.7. The second kappa shape index (κ2) is 17.0. The van der Waals surface area contributed by atoms with Crippen molar-refractivity contribution in [2.24, 2.45) is 0 Å². The number of benzene rings is 1. The first-order valence-electron chi connectivity index (χ1n) is 11.2. The third kappa shape index (κ3) is 18.5. The predicted molar refractivity (Wildman–Crippen MR) is 138 cm³/mol. The van der Waals surface area contributed by atoms with E-state index in [0.717, 1.165) is 74.1 Å². The van der Waals surface area contributed by atoms with Gasteiger partial charge >= 0.3 is 16.7 Å². The summed E-state index contributed by atoms with van der Waals surface area (Å²) in [7, 11) is -7.26. The van der Waals surface area contributed by atoms with E-state index in [0.29, 0.717) is 29.4 Å². The number of unbranched alkanes of at least 4 members (excludes halogenated alkanes) is 8. The van der Waals surface area contributed by atoms with Gasteiger partial charge in [0, 0.05) is 23.2 Å². The van der Waals surface area contributed by atoms with Crippen molar-refractivity contribution in [2.45, 2.75) is 75.5 Å². The van der Waals surface area contributed by atoms with Gasteiger partial charge in [-0.1, -0.05) is 50.7 Å². The topological polar surface area (TPSA) is 141 Å². The van der Waals surface area contributed by atoms with Gasteiger partial charge in [0.05, 0.1) is 5.69 Å². The molecular weight excluding hydrogens is 505 g/mol. The quantitative estimate of drug-likeness (QED) is 0.0568. The van der Waals surface area contributed by atoms with Crippen LogP contribution in [-0.2, 0) is 18.5 Å². The Hall–Kier alpha value is -0.550. The molecule has 0 saturated carbocycles. The summed E-state index contributed by atoms with van der Waals surface area (Å²) in [6.45, 7) is 0. The van der Waals surface area contributed by atoms with Crippen LogP contribution < -0.4 is 5.32 Å². The Labute approximate surface area is 205 Å². The second-order valence-corrected chi connectivity index (χ2v) is 14.2. The largest absolute Gasteiger partial charge is 0.325 e. The monoisotopic (exact) mass is 541 g/mol. The van der Waals surface area contributed by atoms with E-state index in [9.17, 15) is 17.8 Å². The van der Waals surface area contributed by atoms with Crippen molar-refractivity contribution in [1.82, 2.24) is 0 Å². The lowest BCUT2D eigenvalue weighted by molar-refractivity contribution is -0.116. The van der Waals surface area contributed by atoms with Crippen LogP contribution in [0, 0.1) is 0 Å². The van der Waals surface area contributed by atoms with Crippen LogP contribution >= 0.6 is 30.2 Å². The molecule has 4 N–H and O–H groups in total. The van der Waals surface area contributed by atoms with Crippen molar-refractivity contribution in [3.63, 3.8) is 0 Å². The highest BCUT2D eigenvalue weighted by molar-refractivity contribution is 8.69. The summed E-state index contributed by atoms with van der Waals surface area (Å²) in [6, 6.07) is 7.68. The van der Waals surface area contributed by atoms with Crippen LogP contribution in [0.1, 0.15) is 70.6 Å². The third-order valence-corrected chi connectivity index (χ3v) is 9.00. The van der Waals surface area contributed by atoms with E-state index in [1.54, 1.807) is 11.8 Å². The van der Waals surface area contributed by atoms with E-state index in [-0.39, 0.29) is 12.1 Å². The van der Waals surface area contributed by atoms with Gasteiger partial charge in [0.2, 0.25) is 5.91 Å². The van der Waals surface area contributed by atoms with Crippen LogP contribution in [0.3, 0.4) is 0 Å². The zero-order valence-corrected chi connectivity index (χ0v) is 22.2. The van der Waals surface area contributed by atoms with E-state index >= 15 is 0 Å². The Balaban J connectivity index is 2.16. The first-order chi connectivity index (χ1) is 15.6. The maximum absolute atomic E-state index is 12.3. The van der Waals surface area contributed by atoms with E-state index in [1.807, 2.05) is 24.3 Å². The summed E-state index contributed by atoms with van der Waals surface area (Å²) < 4.78 is 40.8. The number of nitrogens with one attached hydrogen (secondary N) is 1. The van der Waals surface area contributed by atoms with Gasteiger partial charge in [-0.3, -0.25) is 13.9 Å². The standard InChI is InChI=1S/C21H36NO7PS3/c23-21(15-7-4-2-1-3-5-10-16-30(24,25)26)22-19-13-8-9-14-20(19)31-17-11-6-12-18-32-33(27,28)29/h8-9,13-14H,1-7,10-12,15-18H2,(H,22,23)(H2,24,25,26)(H,27,28,29). The van der Waals surface area contributed by atoms with Crippen molar-refractivity contribution in [3.05, 3.63) is 24.3 Å². The number of rotatable bonds is 19. The van der Waals surface area contributed by atoms with Crippen molar-refractivity contribution in [3.8, 4) is 0 Å². The zero-order chi connectivity index (χ0) is 24.6. The molecule has 0 atom stereocenters. The van der Waals surface area contributed by atoms with Gasteiger partial charge in [-0.15, -0.1) is 11.8 Å². The van der Waals surface area contributed by atoms with Gasteiger partial charge < -0.3 is 15.1 Å². The third-order valence-electron chi connectivity index (χ3n) is 4.79. The first-order valence-corrected chi connectivity index (χ1v) is 17.0. The molecule has 0 heterocycles. The fourth-order valence-electron chi connectivity index (χ4n) is 3.12. The van der Waals surface area contributed by atoms with Gasteiger partial charge in [0.15, 0.2) is 0 Å². The molecule has 12 heteroatoms. The molecule has 1 aromatic carbocycles. The fourth-order valence-corrected chi connectivity index (χ4v) is 6.29. The number of carbonyl (C=O) groups is 1. The second-order valence-electron chi connectivity index (χ2n) is 7.82. The molecule has 1 rings (SSSR count). The molecule has 8 nitrogen and oxygen atoms in total. The maximum Gasteiger partial charge on any atom is 0.325 e. The van der Waals surface area contributed by atoms with Gasteiger partial charge in [-0.05, 0) is 54.4 Å². The minimum Gasteiger partial charge on any atom is -0.325 e. The van der Waals surface area contributed by atoms with Crippen LogP contribution in [0.4, 0.5) is 5.69 Å². The molecule has 33 heavy (non-hydrogen) atoms. The Morgan fingerprint density at radius 3 is 2.12 bits per heavy atom. The molecule has 1 aromatic rings. The Morgan fingerprint density at radius 1 is 0.879 bits per heavy atom. The molecule has 0 aliphatic rings. The number of para-hydroxylation sites is 1. The van der Waals surface area contributed by atoms with E-state index in [2.05, 4.69) is 5.32 Å². The molecule has 1 amide bonds. The summed E-state index contributed by atoms with van der Waals surface area (Å²) in [5.41, 5.74) is 0.805. The first kappa shape index (κ1) is 30.5. The van der Waals surface area contributed by atoms with Crippen molar-refractivity contribution < 1.29 is 32.1 Å². The van der Waals surface area contributed by atoms with E-state index in [1.165, 1.54) is 0 Å². The van der Waals surface area contributed by atoms with E-state index in [4.69, 9.17) is 14.3 Å². The zero-order valence-electron chi connectivity index (χ0n) is 18.9. The average molecular weight is 542 g/mol. The molecule has 0 aliphatic carbocycles. The normalized spacial score (nSPS) is 12.1. The highest BCUT2D eigenvalue weighted by atomic mass is 33.1. The van der Waals surface area contributed by atoms with Crippen LogP contribution in [0.2, 0.25) is 0 Å². The molecule has 190 valence electrons. The molecule has 0 radical (unpaired) electrons. The SMILES string of the molecule is O=C(CCCCCCCCCP(=O)(O)O)Nc1ccccc1SCCCCCSS(=O)(=O)O. The minimum absolute atomic E-state index is 0.00747. The Bertz CT molecular complexity index is 846.